The Hall–Kier alpha value is -1.43. The van der Waals surface area contributed by atoms with Crippen molar-refractivity contribution in [2.75, 3.05) is 13.1 Å². The van der Waals surface area contributed by atoms with Gasteiger partial charge in [0.25, 0.3) is 5.91 Å². The fourth-order valence-electron chi connectivity index (χ4n) is 1.76. The van der Waals surface area contributed by atoms with Gasteiger partial charge in [-0.1, -0.05) is 0 Å². The summed E-state index contributed by atoms with van der Waals surface area (Å²) in [5.74, 6) is 0.0832. The molecule has 6 nitrogen and oxygen atoms in total. The van der Waals surface area contributed by atoms with E-state index in [2.05, 4.69) is 25.8 Å². The van der Waals surface area contributed by atoms with Crippen LogP contribution in [0.1, 0.15) is 29.9 Å². The Kier molecular flexibility index (Phi) is 3.29. The molecule has 2 heterocycles. The van der Waals surface area contributed by atoms with E-state index in [-0.39, 0.29) is 11.7 Å². The monoisotopic (exact) mass is 209 g/mol. The molecular weight excluding hydrogens is 194 g/mol. The average Bonchev–Trinajstić information content (AvgIpc) is 2.90. The van der Waals surface area contributed by atoms with Gasteiger partial charge in [0.1, 0.15) is 6.33 Å². The van der Waals surface area contributed by atoms with Crippen molar-refractivity contribution in [1.82, 2.24) is 25.8 Å². The molecule has 1 aliphatic heterocycles. The molecule has 1 saturated heterocycles. The molecule has 82 valence electrons. The van der Waals surface area contributed by atoms with Crippen LogP contribution in [0.25, 0.3) is 0 Å². The standard InChI is InChI=1S/C9H15N5O/c15-9(8-12-6-13-14-8)11-5-3-7-2-1-4-10-7/h6-7,10H,1-5H2,(H,11,15)(H,12,13,14). The fraction of sp³-hybridized carbons (Fsp3) is 0.667. The molecule has 1 unspecified atom stereocenters. The quantitative estimate of drug-likeness (QED) is 0.634. The van der Waals surface area contributed by atoms with Gasteiger partial charge in [0.2, 0.25) is 5.82 Å². The number of hydrogen-bond donors (Lipinski definition) is 3. The minimum Gasteiger partial charge on any atom is -0.349 e. The highest BCUT2D eigenvalue weighted by Gasteiger charge is 2.14. The summed E-state index contributed by atoms with van der Waals surface area (Å²) in [5.41, 5.74) is 0. The lowest BCUT2D eigenvalue weighted by Crippen LogP contribution is -2.31. The number of aromatic amines is 1. The van der Waals surface area contributed by atoms with Crippen LogP contribution < -0.4 is 10.6 Å². The second-order valence-electron chi connectivity index (χ2n) is 3.67. The minimum atomic E-state index is -0.189. The Labute approximate surface area is 87.9 Å². The Balaban J connectivity index is 1.67. The van der Waals surface area contributed by atoms with E-state index in [1.54, 1.807) is 0 Å². The zero-order valence-electron chi connectivity index (χ0n) is 8.49. The molecule has 1 aromatic heterocycles. The lowest BCUT2D eigenvalue weighted by atomic mass is 10.1. The lowest BCUT2D eigenvalue weighted by molar-refractivity contribution is 0.0942. The molecule has 3 N–H and O–H groups in total. The molecule has 0 saturated carbocycles. The first-order valence-electron chi connectivity index (χ1n) is 5.23. The van der Waals surface area contributed by atoms with E-state index >= 15 is 0 Å². The number of nitrogens with one attached hydrogen (secondary N) is 3. The summed E-state index contributed by atoms with van der Waals surface area (Å²) >= 11 is 0. The molecule has 0 aliphatic carbocycles. The normalized spacial score (nSPS) is 20.4. The van der Waals surface area contributed by atoms with Crippen LogP contribution in [-0.4, -0.2) is 40.2 Å². The number of hydrogen-bond acceptors (Lipinski definition) is 4. The second kappa shape index (κ2) is 4.88. The number of nitrogens with zero attached hydrogens (tertiary/aromatic N) is 2. The van der Waals surface area contributed by atoms with Crippen molar-refractivity contribution in [2.24, 2.45) is 0 Å². The first kappa shape index (κ1) is 10.1. The molecule has 0 bridgehead atoms. The molecule has 0 aromatic carbocycles. The number of rotatable bonds is 4. The van der Waals surface area contributed by atoms with Crippen molar-refractivity contribution < 1.29 is 4.79 Å². The van der Waals surface area contributed by atoms with Gasteiger partial charge in [-0.25, -0.2) is 4.98 Å². The maximum absolute atomic E-state index is 11.4. The van der Waals surface area contributed by atoms with Crippen molar-refractivity contribution in [3.8, 4) is 0 Å². The Bertz CT molecular complexity index is 304. The maximum Gasteiger partial charge on any atom is 0.288 e. The van der Waals surface area contributed by atoms with Gasteiger partial charge < -0.3 is 10.6 Å². The topological polar surface area (TPSA) is 82.7 Å². The summed E-state index contributed by atoms with van der Waals surface area (Å²) in [6.07, 6.45) is 4.74. The number of amides is 1. The highest BCUT2D eigenvalue weighted by atomic mass is 16.2. The zero-order chi connectivity index (χ0) is 10.5. The number of H-pyrrole nitrogens is 1. The van der Waals surface area contributed by atoms with Crippen molar-refractivity contribution in [1.29, 1.82) is 0 Å². The van der Waals surface area contributed by atoms with E-state index < -0.39 is 0 Å². The van der Waals surface area contributed by atoms with Crippen LogP contribution >= 0.6 is 0 Å². The van der Waals surface area contributed by atoms with Crippen LogP contribution in [0.5, 0.6) is 0 Å². The van der Waals surface area contributed by atoms with E-state index in [0.29, 0.717) is 12.6 Å². The molecule has 1 atom stereocenters. The van der Waals surface area contributed by atoms with E-state index in [4.69, 9.17) is 0 Å². The SMILES string of the molecule is O=C(NCCC1CCCN1)c1ncn[nH]1. The third-order valence-electron chi connectivity index (χ3n) is 2.57. The first-order valence-corrected chi connectivity index (χ1v) is 5.23. The van der Waals surface area contributed by atoms with Gasteiger partial charge in [-0.05, 0) is 25.8 Å². The van der Waals surface area contributed by atoms with Gasteiger partial charge >= 0.3 is 0 Å². The summed E-state index contributed by atoms with van der Waals surface area (Å²) < 4.78 is 0. The summed E-state index contributed by atoms with van der Waals surface area (Å²) in [6.45, 7) is 1.78. The van der Waals surface area contributed by atoms with Crippen LogP contribution in [0.2, 0.25) is 0 Å². The molecule has 1 aromatic rings. The van der Waals surface area contributed by atoms with E-state index in [1.165, 1.54) is 19.2 Å². The molecule has 0 spiro atoms. The fourth-order valence-corrected chi connectivity index (χ4v) is 1.76. The van der Waals surface area contributed by atoms with Gasteiger partial charge in [-0.3, -0.25) is 9.89 Å². The van der Waals surface area contributed by atoms with E-state index in [0.717, 1.165) is 13.0 Å². The predicted molar refractivity (Wildman–Crippen MR) is 54.4 cm³/mol. The Morgan fingerprint density at radius 1 is 1.67 bits per heavy atom. The highest BCUT2D eigenvalue weighted by molar-refractivity contribution is 5.90. The third-order valence-corrected chi connectivity index (χ3v) is 2.57. The summed E-state index contributed by atoms with van der Waals surface area (Å²) in [4.78, 5) is 15.2. The van der Waals surface area contributed by atoms with E-state index in [1.807, 2.05) is 0 Å². The Morgan fingerprint density at radius 2 is 2.60 bits per heavy atom. The van der Waals surface area contributed by atoms with Gasteiger partial charge in [0, 0.05) is 12.6 Å². The van der Waals surface area contributed by atoms with Crippen molar-refractivity contribution in [3.63, 3.8) is 0 Å². The molecule has 0 radical (unpaired) electrons. The maximum atomic E-state index is 11.4. The molecule has 1 amide bonds. The lowest BCUT2D eigenvalue weighted by Gasteiger charge is -2.09. The molecule has 1 aliphatic rings. The molecule has 2 rings (SSSR count). The van der Waals surface area contributed by atoms with Crippen LogP contribution in [0.15, 0.2) is 6.33 Å². The molecule has 15 heavy (non-hydrogen) atoms. The third kappa shape index (κ3) is 2.76. The molecule has 6 heteroatoms. The average molecular weight is 209 g/mol. The van der Waals surface area contributed by atoms with E-state index in [9.17, 15) is 4.79 Å². The van der Waals surface area contributed by atoms with Gasteiger partial charge in [-0.2, -0.15) is 5.10 Å². The molecule has 1 fully saturated rings. The van der Waals surface area contributed by atoms with Gasteiger partial charge in [-0.15, -0.1) is 0 Å². The van der Waals surface area contributed by atoms with Crippen LogP contribution in [0.3, 0.4) is 0 Å². The summed E-state index contributed by atoms with van der Waals surface area (Å²) in [6, 6.07) is 0.556. The first-order chi connectivity index (χ1) is 7.36. The van der Waals surface area contributed by atoms with Crippen molar-refractivity contribution in [2.45, 2.75) is 25.3 Å². The number of carbonyl (C=O) groups is 1. The van der Waals surface area contributed by atoms with Crippen LogP contribution in [-0.2, 0) is 0 Å². The summed E-state index contributed by atoms with van der Waals surface area (Å²) in [5, 5.41) is 12.3. The van der Waals surface area contributed by atoms with Gasteiger partial charge in [0.05, 0.1) is 0 Å². The number of aromatic nitrogens is 3. The van der Waals surface area contributed by atoms with Crippen molar-refractivity contribution in [3.05, 3.63) is 12.2 Å². The predicted octanol–water partition coefficient (Wildman–Crippen LogP) is -0.323. The zero-order valence-corrected chi connectivity index (χ0v) is 8.49. The Morgan fingerprint density at radius 3 is 3.27 bits per heavy atom. The summed E-state index contributed by atoms with van der Waals surface area (Å²) in [7, 11) is 0. The number of carbonyl (C=O) groups excluding carboxylic acids is 1. The smallest absolute Gasteiger partial charge is 0.288 e. The highest BCUT2D eigenvalue weighted by Crippen LogP contribution is 2.07. The molecular formula is C9H15N5O. The second-order valence-corrected chi connectivity index (χ2v) is 3.67. The minimum absolute atomic E-state index is 0.189. The van der Waals surface area contributed by atoms with Crippen molar-refractivity contribution >= 4 is 5.91 Å². The van der Waals surface area contributed by atoms with Crippen LogP contribution in [0, 0.1) is 0 Å². The largest absolute Gasteiger partial charge is 0.349 e. The van der Waals surface area contributed by atoms with Gasteiger partial charge in [0.15, 0.2) is 0 Å². The van der Waals surface area contributed by atoms with Crippen LogP contribution in [0.4, 0.5) is 0 Å².